The van der Waals surface area contributed by atoms with E-state index in [1.165, 1.54) is 99.8 Å². The van der Waals surface area contributed by atoms with E-state index in [-0.39, 0.29) is 11.3 Å². The molecule has 0 radical (unpaired) electrons. The predicted molar refractivity (Wildman–Crippen MR) is 248 cm³/mol. The molecular weight excluding hydrogens is 711 g/mol. The van der Waals surface area contributed by atoms with Gasteiger partial charge in [0.05, 0.1) is 11.0 Å². The van der Waals surface area contributed by atoms with E-state index in [4.69, 9.17) is 0 Å². The first-order chi connectivity index (χ1) is 29.0. The van der Waals surface area contributed by atoms with E-state index in [1.807, 2.05) is 0 Å². The van der Waals surface area contributed by atoms with Gasteiger partial charge in [0.15, 0.2) is 0 Å². The molecule has 0 saturated carbocycles. The van der Waals surface area contributed by atoms with Crippen LogP contribution in [-0.2, 0) is 5.41 Å². The van der Waals surface area contributed by atoms with Crippen LogP contribution in [-0.4, -0.2) is 4.57 Å². The van der Waals surface area contributed by atoms with E-state index in [2.05, 4.69) is 237 Å². The first kappa shape index (κ1) is 35.0. The van der Waals surface area contributed by atoms with Gasteiger partial charge in [-0.2, -0.15) is 0 Å². The van der Waals surface area contributed by atoms with Crippen LogP contribution in [0, 0.1) is 0 Å². The summed E-state index contributed by atoms with van der Waals surface area (Å²) in [6, 6.07) is 80.6. The molecule has 0 N–H and O–H groups in total. The van der Waals surface area contributed by atoms with Gasteiger partial charge < -0.3 is 4.57 Å². The normalized spacial score (nSPS) is 13.3. The Labute approximate surface area is 346 Å². The van der Waals surface area contributed by atoms with E-state index >= 15 is 0 Å². The summed E-state index contributed by atoms with van der Waals surface area (Å²) in [7, 11) is 0. The monoisotopic (exact) mass is 753 g/mol. The Morgan fingerprint density at radius 1 is 0.339 bits per heavy atom. The summed E-state index contributed by atoms with van der Waals surface area (Å²) in [5.74, 6) is 0.0719. The molecule has 1 atom stereocenters. The molecule has 1 aliphatic carbocycles. The Morgan fingerprint density at radius 2 is 0.864 bits per heavy atom. The van der Waals surface area contributed by atoms with Crippen molar-refractivity contribution in [3.63, 3.8) is 0 Å². The number of aromatic nitrogens is 1. The van der Waals surface area contributed by atoms with E-state index in [9.17, 15) is 0 Å². The maximum absolute atomic E-state index is 2.48. The van der Waals surface area contributed by atoms with Crippen molar-refractivity contribution in [2.24, 2.45) is 0 Å². The fourth-order valence-corrected chi connectivity index (χ4v) is 9.74. The Kier molecular flexibility index (Phi) is 8.31. The summed E-state index contributed by atoms with van der Waals surface area (Å²) >= 11 is 0. The standard InChI is InChI=1S/C58H43N/c1-58(2)53-22-11-9-20-49(53)50-34-32-47(38-54(50)58)57(46-17-13-16-44(36-46)39-14-5-3-6-15-39)43-30-28-41(29-31-43)40-24-26-42(27-25-40)45-33-35-56-52(37-45)51-21-10-12-23-55(51)59(56)48-18-7-4-8-19-48/h3-38,57H,1-2H3. The second-order valence-corrected chi connectivity index (χ2v) is 16.5. The topological polar surface area (TPSA) is 4.93 Å². The van der Waals surface area contributed by atoms with Crippen LogP contribution >= 0.6 is 0 Å². The van der Waals surface area contributed by atoms with Crippen molar-refractivity contribution < 1.29 is 0 Å². The molecule has 1 nitrogen and oxygen atoms in total. The average molecular weight is 754 g/mol. The Hall–Kier alpha value is -7.22. The highest BCUT2D eigenvalue weighted by Gasteiger charge is 2.36. The van der Waals surface area contributed by atoms with Crippen molar-refractivity contribution >= 4 is 21.8 Å². The van der Waals surface area contributed by atoms with Crippen LogP contribution in [0.1, 0.15) is 47.6 Å². The van der Waals surface area contributed by atoms with Gasteiger partial charge in [-0.05, 0) is 103 Å². The molecule has 0 bridgehead atoms. The molecule has 0 fully saturated rings. The van der Waals surface area contributed by atoms with Gasteiger partial charge in [-0.25, -0.2) is 0 Å². The molecule has 11 rings (SSSR count). The third-order valence-corrected chi connectivity index (χ3v) is 12.8. The summed E-state index contributed by atoms with van der Waals surface area (Å²) in [6.07, 6.45) is 0. The molecule has 1 aromatic heterocycles. The van der Waals surface area contributed by atoms with Crippen LogP contribution in [0.3, 0.4) is 0 Å². The molecule has 1 aliphatic rings. The number of rotatable bonds is 7. The second kappa shape index (κ2) is 14.0. The number of hydrogen-bond donors (Lipinski definition) is 0. The van der Waals surface area contributed by atoms with Crippen molar-refractivity contribution in [3.05, 3.63) is 246 Å². The van der Waals surface area contributed by atoms with Crippen LogP contribution in [0.15, 0.2) is 218 Å². The Morgan fingerprint density at radius 3 is 1.64 bits per heavy atom. The van der Waals surface area contributed by atoms with Crippen LogP contribution in [0.5, 0.6) is 0 Å². The molecule has 1 unspecified atom stereocenters. The SMILES string of the molecule is CC1(C)c2ccccc2-c2ccc(C(c3ccc(-c4ccc(-c5ccc6c(c5)c5ccccc5n6-c5ccccc5)cc4)cc3)c3cccc(-c4ccccc4)c3)cc21. The zero-order chi connectivity index (χ0) is 39.5. The van der Waals surface area contributed by atoms with Gasteiger partial charge in [0.25, 0.3) is 0 Å². The van der Waals surface area contributed by atoms with E-state index < -0.39 is 0 Å². The Balaban J connectivity index is 0.945. The van der Waals surface area contributed by atoms with Gasteiger partial charge in [-0.1, -0.05) is 202 Å². The first-order valence-electron chi connectivity index (χ1n) is 20.7. The minimum absolute atomic E-state index is 0.0683. The van der Waals surface area contributed by atoms with Crippen molar-refractivity contribution in [1.82, 2.24) is 4.57 Å². The second-order valence-electron chi connectivity index (χ2n) is 16.5. The molecule has 0 saturated heterocycles. The van der Waals surface area contributed by atoms with Gasteiger partial charge in [-0.3, -0.25) is 0 Å². The van der Waals surface area contributed by atoms with E-state index in [1.54, 1.807) is 0 Å². The molecule has 1 heteroatoms. The zero-order valence-electron chi connectivity index (χ0n) is 33.3. The fourth-order valence-electron chi connectivity index (χ4n) is 9.74. The molecule has 59 heavy (non-hydrogen) atoms. The summed E-state index contributed by atoms with van der Waals surface area (Å²) in [5.41, 5.74) is 20.3. The smallest absolute Gasteiger partial charge is 0.0541 e. The van der Waals surface area contributed by atoms with Gasteiger partial charge in [0.2, 0.25) is 0 Å². The van der Waals surface area contributed by atoms with Gasteiger partial charge in [0.1, 0.15) is 0 Å². The molecular formula is C58H43N. The molecule has 280 valence electrons. The minimum atomic E-state index is -0.0683. The summed E-state index contributed by atoms with van der Waals surface area (Å²) in [6.45, 7) is 4.74. The summed E-state index contributed by atoms with van der Waals surface area (Å²) < 4.78 is 2.37. The van der Waals surface area contributed by atoms with Gasteiger partial charge in [0, 0.05) is 27.8 Å². The predicted octanol–water partition coefficient (Wildman–Crippen LogP) is 15.3. The molecule has 0 amide bonds. The van der Waals surface area contributed by atoms with Crippen molar-refractivity contribution in [2.75, 3.05) is 0 Å². The number of nitrogens with zero attached hydrogens (tertiary/aromatic N) is 1. The van der Waals surface area contributed by atoms with Crippen molar-refractivity contribution in [3.8, 4) is 50.2 Å². The highest BCUT2D eigenvalue weighted by atomic mass is 15.0. The average Bonchev–Trinajstić information content (AvgIpc) is 3.75. The van der Waals surface area contributed by atoms with Gasteiger partial charge >= 0.3 is 0 Å². The lowest BCUT2D eigenvalue weighted by Crippen LogP contribution is -2.15. The largest absolute Gasteiger partial charge is 0.309 e. The first-order valence-corrected chi connectivity index (χ1v) is 20.7. The number of para-hydroxylation sites is 2. The van der Waals surface area contributed by atoms with Crippen molar-refractivity contribution in [1.29, 1.82) is 0 Å². The third kappa shape index (κ3) is 5.93. The third-order valence-electron chi connectivity index (χ3n) is 12.8. The lowest BCUT2D eigenvalue weighted by Gasteiger charge is -2.25. The highest BCUT2D eigenvalue weighted by Crippen LogP contribution is 2.50. The highest BCUT2D eigenvalue weighted by molar-refractivity contribution is 6.10. The minimum Gasteiger partial charge on any atom is -0.309 e. The maximum atomic E-state index is 2.48. The van der Waals surface area contributed by atoms with Crippen LogP contribution in [0.2, 0.25) is 0 Å². The molecule has 0 aliphatic heterocycles. The zero-order valence-corrected chi connectivity index (χ0v) is 33.3. The van der Waals surface area contributed by atoms with E-state index in [0.29, 0.717) is 0 Å². The molecule has 1 heterocycles. The van der Waals surface area contributed by atoms with Crippen LogP contribution in [0.4, 0.5) is 0 Å². The fraction of sp³-hybridized carbons (Fsp3) is 0.0690. The number of fused-ring (bicyclic) bond motifs is 6. The number of benzene rings is 9. The summed E-state index contributed by atoms with van der Waals surface area (Å²) in [4.78, 5) is 0. The van der Waals surface area contributed by atoms with Crippen LogP contribution < -0.4 is 0 Å². The molecule has 9 aromatic carbocycles. The lowest BCUT2D eigenvalue weighted by molar-refractivity contribution is 0.659. The lowest BCUT2D eigenvalue weighted by atomic mass is 9.78. The van der Waals surface area contributed by atoms with Crippen molar-refractivity contribution in [2.45, 2.75) is 25.2 Å². The number of hydrogen-bond acceptors (Lipinski definition) is 0. The quantitative estimate of drug-likeness (QED) is 0.143. The van der Waals surface area contributed by atoms with Crippen LogP contribution in [0.25, 0.3) is 72.0 Å². The molecule has 0 spiro atoms. The summed E-state index contributed by atoms with van der Waals surface area (Å²) in [5, 5.41) is 2.53. The maximum Gasteiger partial charge on any atom is 0.0541 e. The molecule has 10 aromatic rings. The Bertz CT molecular complexity index is 3150. The van der Waals surface area contributed by atoms with E-state index in [0.717, 1.165) is 0 Å². The van der Waals surface area contributed by atoms with Gasteiger partial charge in [-0.15, -0.1) is 0 Å².